The van der Waals surface area contributed by atoms with Crippen molar-refractivity contribution in [3.05, 3.63) is 23.8 Å². The van der Waals surface area contributed by atoms with E-state index in [1.165, 1.54) is 14.2 Å². The van der Waals surface area contributed by atoms with Crippen LogP contribution in [0.1, 0.15) is 23.7 Å². The summed E-state index contributed by atoms with van der Waals surface area (Å²) in [5.41, 5.74) is 0.441. The van der Waals surface area contributed by atoms with E-state index in [9.17, 15) is 9.59 Å². The highest BCUT2D eigenvalue weighted by Crippen LogP contribution is 2.28. The molecule has 0 aliphatic carbocycles. The van der Waals surface area contributed by atoms with Crippen LogP contribution in [0, 0.1) is 0 Å². The third-order valence-corrected chi connectivity index (χ3v) is 3.01. The van der Waals surface area contributed by atoms with Gasteiger partial charge in [-0.25, -0.2) is 0 Å². The molecule has 116 valence electrons. The number of rotatable bonds is 8. The van der Waals surface area contributed by atoms with Gasteiger partial charge in [0.15, 0.2) is 17.3 Å². The van der Waals surface area contributed by atoms with Gasteiger partial charge in [-0.15, -0.1) is 0 Å². The van der Waals surface area contributed by atoms with Gasteiger partial charge in [0.2, 0.25) is 0 Å². The zero-order valence-corrected chi connectivity index (χ0v) is 12.8. The molecule has 0 bridgehead atoms. The molecule has 1 rings (SSSR count). The van der Waals surface area contributed by atoms with Gasteiger partial charge < -0.3 is 19.5 Å². The molecule has 6 nitrogen and oxygen atoms in total. The molecule has 0 spiro atoms. The summed E-state index contributed by atoms with van der Waals surface area (Å²) < 4.78 is 15.2. The largest absolute Gasteiger partial charge is 0.493 e. The number of ketones is 1. The second-order valence-corrected chi connectivity index (χ2v) is 4.28. The van der Waals surface area contributed by atoms with Gasteiger partial charge in [0.1, 0.15) is 0 Å². The van der Waals surface area contributed by atoms with E-state index in [0.29, 0.717) is 23.7 Å². The number of Topliss-reactive ketones (excluding diaryl/α,β-unsaturated/α-hetero) is 1. The van der Waals surface area contributed by atoms with Crippen molar-refractivity contribution in [2.45, 2.75) is 19.4 Å². The molecule has 0 fully saturated rings. The molecule has 21 heavy (non-hydrogen) atoms. The highest BCUT2D eigenvalue weighted by atomic mass is 16.5. The number of hydrogen-bond acceptors (Lipinski definition) is 6. The number of esters is 1. The number of ether oxygens (including phenoxy) is 3. The summed E-state index contributed by atoms with van der Waals surface area (Å²) in [6.07, 6.45) is -0.0164. The number of nitrogens with one attached hydrogen (secondary N) is 1. The lowest BCUT2D eigenvalue weighted by Gasteiger charge is -2.15. The predicted molar refractivity (Wildman–Crippen MR) is 78.0 cm³/mol. The smallest absolute Gasteiger partial charge is 0.307 e. The van der Waals surface area contributed by atoms with Crippen molar-refractivity contribution < 1.29 is 23.8 Å². The molecule has 0 aliphatic heterocycles. The number of benzene rings is 1. The Bertz CT molecular complexity index is 501. The second-order valence-electron chi connectivity index (χ2n) is 4.28. The number of carbonyl (C=O) groups is 2. The van der Waals surface area contributed by atoms with Crippen molar-refractivity contribution in [2.24, 2.45) is 0 Å². The molecule has 0 saturated heterocycles. The molecule has 0 aromatic heterocycles. The van der Waals surface area contributed by atoms with Crippen LogP contribution in [0.4, 0.5) is 0 Å². The van der Waals surface area contributed by atoms with E-state index in [-0.39, 0.29) is 12.2 Å². The van der Waals surface area contributed by atoms with Crippen LogP contribution < -0.4 is 14.8 Å². The lowest BCUT2D eigenvalue weighted by Crippen LogP contribution is -2.36. The number of methoxy groups -OCH3 is 2. The SMILES string of the molecule is CCOC(=O)CC(NC)C(=O)c1ccc(OC)c(OC)c1. The average molecular weight is 295 g/mol. The Morgan fingerprint density at radius 1 is 1.19 bits per heavy atom. The molecular weight excluding hydrogens is 274 g/mol. The fourth-order valence-corrected chi connectivity index (χ4v) is 1.90. The van der Waals surface area contributed by atoms with Gasteiger partial charge in [0.05, 0.1) is 33.3 Å². The first kappa shape index (κ1) is 17.0. The van der Waals surface area contributed by atoms with Crippen molar-refractivity contribution in [3.8, 4) is 11.5 Å². The van der Waals surface area contributed by atoms with E-state index in [1.807, 2.05) is 0 Å². The number of likely N-dealkylation sites (N-methyl/N-ethyl adjacent to an activating group) is 1. The Labute approximate surface area is 124 Å². The first-order valence-corrected chi connectivity index (χ1v) is 6.66. The lowest BCUT2D eigenvalue weighted by molar-refractivity contribution is -0.143. The van der Waals surface area contributed by atoms with Crippen LogP contribution in [0.25, 0.3) is 0 Å². The van der Waals surface area contributed by atoms with Crippen LogP contribution in [0.2, 0.25) is 0 Å². The third kappa shape index (κ3) is 4.46. The summed E-state index contributed by atoms with van der Waals surface area (Å²) in [4.78, 5) is 23.9. The van der Waals surface area contributed by atoms with Crippen molar-refractivity contribution in [3.63, 3.8) is 0 Å². The minimum Gasteiger partial charge on any atom is -0.493 e. The van der Waals surface area contributed by atoms with Gasteiger partial charge in [-0.2, -0.15) is 0 Å². The molecule has 1 atom stereocenters. The maximum absolute atomic E-state index is 12.4. The van der Waals surface area contributed by atoms with Crippen molar-refractivity contribution in [1.82, 2.24) is 5.32 Å². The highest BCUT2D eigenvalue weighted by Gasteiger charge is 2.23. The van der Waals surface area contributed by atoms with Crippen LogP contribution in [-0.2, 0) is 9.53 Å². The zero-order chi connectivity index (χ0) is 15.8. The molecule has 0 radical (unpaired) electrons. The van der Waals surface area contributed by atoms with Crippen LogP contribution >= 0.6 is 0 Å². The molecule has 1 unspecified atom stereocenters. The Morgan fingerprint density at radius 2 is 1.86 bits per heavy atom. The fraction of sp³-hybridized carbons (Fsp3) is 0.467. The Kier molecular flexibility index (Phi) is 6.68. The summed E-state index contributed by atoms with van der Waals surface area (Å²) in [5.74, 6) is 0.395. The number of hydrogen-bond donors (Lipinski definition) is 1. The van der Waals surface area contributed by atoms with Gasteiger partial charge in [-0.3, -0.25) is 9.59 Å². The molecule has 1 aromatic carbocycles. The van der Waals surface area contributed by atoms with Crippen molar-refractivity contribution >= 4 is 11.8 Å². The van der Waals surface area contributed by atoms with E-state index < -0.39 is 12.0 Å². The summed E-state index contributed by atoms with van der Waals surface area (Å²) in [5, 5.41) is 2.83. The fourth-order valence-electron chi connectivity index (χ4n) is 1.90. The molecule has 0 saturated carbocycles. The number of carbonyl (C=O) groups excluding carboxylic acids is 2. The van der Waals surface area contributed by atoms with Crippen molar-refractivity contribution in [1.29, 1.82) is 0 Å². The van der Waals surface area contributed by atoms with Crippen LogP contribution in [0.15, 0.2) is 18.2 Å². The van der Waals surface area contributed by atoms with E-state index in [0.717, 1.165) is 0 Å². The molecule has 6 heteroatoms. The average Bonchev–Trinajstić information content (AvgIpc) is 2.51. The quantitative estimate of drug-likeness (QED) is 0.577. The van der Waals surface area contributed by atoms with Gasteiger partial charge in [-0.05, 0) is 32.2 Å². The summed E-state index contributed by atoms with van der Waals surface area (Å²) in [7, 11) is 4.65. The molecule has 0 aliphatic rings. The molecule has 0 heterocycles. The monoisotopic (exact) mass is 295 g/mol. The minimum atomic E-state index is -0.637. The third-order valence-electron chi connectivity index (χ3n) is 3.01. The Hall–Kier alpha value is -2.08. The Balaban J connectivity index is 2.92. The Morgan fingerprint density at radius 3 is 2.38 bits per heavy atom. The molecule has 0 amide bonds. The summed E-state index contributed by atoms with van der Waals surface area (Å²) in [6.45, 7) is 2.02. The van der Waals surface area contributed by atoms with Gasteiger partial charge in [0.25, 0.3) is 0 Å². The van der Waals surface area contributed by atoms with Gasteiger partial charge >= 0.3 is 5.97 Å². The standard InChI is InChI=1S/C15H21NO5/c1-5-21-14(17)9-11(16-2)15(18)10-6-7-12(19-3)13(8-10)20-4/h6-8,11,16H,5,9H2,1-4H3. The first-order valence-electron chi connectivity index (χ1n) is 6.66. The molecule has 1 aromatic rings. The maximum Gasteiger partial charge on any atom is 0.307 e. The zero-order valence-electron chi connectivity index (χ0n) is 12.8. The lowest BCUT2D eigenvalue weighted by atomic mass is 10.0. The van der Waals surface area contributed by atoms with Crippen molar-refractivity contribution in [2.75, 3.05) is 27.9 Å². The van der Waals surface area contributed by atoms with Crippen LogP contribution in [0.3, 0.4) is 0 Å². The minimum absolute atomic E-state index is 0.0164. The van der Waals surface area contributed by atoms with Crippen LogP contribution in [0.5, 0.6) is 11.5 Å². The second kappa shape index (κ2) is 8.26. The normalized spacial score (nSPS) is 11.6. The topological polar surface area (TPSA) is 73.9 Å². The maximum atomic E-state index is 12.4. The van der Waals surface area contributed by atoms with E-state index in [1.54, 1.807) is 32.2 Å². The van der Waals surface area contributed by atoms with Gasteiger partial charge in [-0.1, -0.05) is 0 Å². The first-order chi connectivity index (χ1) is 10.1. The van der Waals surface area contributed by atoms with Crippen LogP contribution in [-0.4, -0.2) is 45.7 Å². The highest BCUT2D eigenvalue weighted by molar-refractivity contribution is 6.02. The predicted octanol–water partition coefficient (Wildman–Crippen LogP) is 1.43. The van der Waals surface area contributed by atoms with E-state index in [4.69, 9.17) is 14.2 Å². The van der Waals surface area contributed by atoms with E-state index in [2.05, 4.69) is 5.32 Å². The van der Waals surface area contributed by atoms with E-state index >= 15 is 0 Å². The molecular formula is C15H21NO5. The summed E-state index contributed by atoms with van der Waals surface area (Å²) >= 11 is 0. The van der Waals surface area contributed by atoms with Gasteiger partial charge in [0, 0.05) is 5.56 Å². The summed E-state index contributed by atoms with van der Waals surface area (Å²) in [6, 6.07) is 4.25. The molecule has 1 N–H and O–H groups in total.